The average molecular weight is 188 g/mol. The molecule has 2 aromatic heterocycles. The van der Waals surface area contributed by atoms with E-state index in [2.05, 4.69) is 21.0 Å². The highest BCUT2D eigenvalue weighted by Gasteiger charge is 2.11. The first-order valence-electron chi connectivity index (χ1n) is 4.06. The second-order valence-electron chi connectivity index (χ2n) is 2.81. The molecule has 0 unspecified atom stereocenters. The van der Waals surface area contributed by atoms with Crippen molar-refractivity contribution in [3.63, 3.8) is 0 Å². The highest BCUT2D eigenvalue weighted by molar-refractivity contribution is 5.82. The summed E-state index contributed by atoms with van der Waals surface area (Å²) < 4.78 is 4.97. The van der Waals surface area contributed by atoms with E-state index >= 15 is 0 Å². The third-order valence-electron chi connectivity index (χ3n) is 1.94. The van der Waals surface area contributed by atoms with Crippen LogP contribution < -0.4 is 0 Å². The van der Waals surface area contributed by atoms with E-state index in [-0.39, 0.29) is 0 Å². The second-order valence-corrected chi connectivity index (χ2v) is 2.81. The summed E-state index contributed by atoms with van der Waals surface area (Å²) >= 11 is 0. The number of ether oxygens (including phenoxy) is 1. The smallest absolute Gasteiger partial charge is 0.116 e. The molecule has 0 saturated carbocycles. The summed E-state index contributed by atoms with van der Waals surface area (Å²) in [5, 5.41) is 8.95. The fourth-order valence-electron chi connectivity index (χ4n) is 1.36. The zero-order valence-corrected chi connectivity index (χ0v) is 7.61. The molecule has 0 amide bonds. The number of H-pyrrole nitrogens is 1. The van der Waals surface area contributed by atoms with Gasteiger partial charge < -0.3 is 9.72 Å². The molecule has 14 heavy (non-hydrogen) atoms. The van der Waals surface area contributed by atoms with E-state index in [1.807, 2.05) is 0 Å². The van der Waals surface area contributed by atoms with Gasteiger partial charge in [-0.15, -0.1) is 0 Å². The molecule has 0 aliphatic carbocycles. The number of nitrogens with one attached hydrogen (secondary N) is 1. The largest absolute Gasteiger partial charge is 0.378 e. The lowest BCUT2D eigenvalue weighted by atomic mass is 10.2. The summed E-state index contributed by atoms with van der Waals surface area (Å²) in [5.41, 5.74) is 2.68. The predicted octanol–water partition coefficient (Wildman–Crippen LogP) is 0.976. The monoisotopic (exact) mass is 188 g/mol. The lowest BCUT2D eigenvalue weighted by Gasteiger charge is -1.93. The third-order valence-corrected chi connectivity index (χ3v) is 1.94. The molecule has 0 aliphatic heterocycles. The van der Waals surface area contributed by atoms with Gasteiger partial charge in [0.15, 0.2) is 0 Å². The van der Waals surface area contributed by atoms with Gasteiger partial charge in [-0.1, -0.05) is 0 Å². The molecule has 2 aromatic rings. The summed E-state index contributed by atoms with van der Waals surface area (Å²) in [6, 6.07) is 2.10. The number of nitrogens with zero attached hydrogens (tertiary/aromatic N) is 3. The minimum absolute atomic E-state index is 0.374. The van der Waals surface area contributed by atoms with E-state index in [1.54, 1.807) is 13.3 Å². The van der Waals surface area contributed by atoms with E-state index in [0.29, 0.717) is 17.7 Å². The van der Waals surface area contributed by atoms with Crippen molar-refractivity contribution >= 4 is 11.0 Å². The molecule has 70 valence electrons. The number of methoxy groups -OCH3 is 1. The van der Waals surface area contributed by atoms with Gasteiger partial charge in [0.2, 0.25) is 0 Å². The topological polar surface area (TPSA) is 74.6 Å². The molecule has 0 aliphatic rings. The highest BCUT2D eigenvalue weighted by atomic mass is 16.5. The van der Waals surface area contributed by atoms with Gasteiger partial charge in [0, 0.05) is 7.11 Å². The fraction of sp³-hybridized carbons (Fsp3) is 0.222. The van der Waals surface area contributed by atoms with Crippen LogP contribution in [0.25, 0.3) is 11.0 Å². The number of rotatable bonds is 2. The van der Waals surface area contributed by atoms with Crippen molar-refractivity contribution in [2.45, 2.75) is 6.61 Å². The maximum absolute atomic E-state index is 8.95. The average Bonchev–Trinajstić information content (AvgIpc) is 2.55. The van der Waals surface area contributed by atoms with Gasteiger partial charge in [0.1, 0.15) is 23.5 Å². The minimum atomic E-state index is 0.374. The maximum atomic E-state index is 8.95. The first-order chi connectivity index (χ1) is 6.86. The van der Waals surface area contributed by atoms with Gasteiger partial charge in [0.05, 0.1) is 24.0 Å². The predicted molar refractivity (Wildman–Crippen MR) is 49.3 cm³/mol. The Bertz CT molecular complexity index is 497. The molecule has 0 spiro atoms. The SMILES string of the molecule is COCc1[nH]c2cncnc2c1C#N. The number of aromatic nitrogens is 3. The van der Waals surface area contributed by atoms with Crippen molar-refractivity contribution in [1.82, 2.24) is 15.0 Å². The number of fused-ring (bicyclic) bond motifs is 1. The van der Waals surface area contributed by atoms with E-state index < -0.39 is 0 Å². The van der Waals surface area contributed by atoms with Crippen LogP contribution >= 0.6 is 0 Å². The van der Waals surface area contributed by atoms with Crippen molar-refractivity contribution in [1.29, 1.82) is 5.26 Å². The molecule has 0 saturated heterocycles. The van der Waals surface area contributed by atoms with Crippen molar-refractivity contribution in [3.05, 3.63) is 23.8 Å². The van der Waals surface area contributed by atoms with E-state index in [4.69, 9.17) is 10.00 Å². The third kappa shape index (κ3) is 1.22. The van der Waals surface area contributed by atoms with Crippen LogP contribution in [0.5, 0.6) is 0 Å². The van der Waals surface area contributed by atoms with Crippen molar-refractivity contribution in [3.8, 4) is 6.07 Å². The molecule has 0 fully saturated rings. The summed E-state index contributed by atoms with van der Waals surface area (Å²) in [6.07, 6.45) is 3.07. The van der Waals surface area contributed by atoms with Crippen LogP contribution in [0.2, 0.25) is 0 Å². The van der Waals surface area contributed by atoms with Gasteiger partial charge in [-0.3, -0.25) is 0 Å². The molecular weight excluding hydrogens is 180 g/mol. The zero-order valence-electron chi connectivity index (χ0n) is 7.61. The van der Waals surface area contributed by atoms with E-state index in [1.165, 1.54) is 6.33 Å². The lowest BCUT2D eigenvalue weighted by molar-refractivity contribution is 0.182. The number of hydrogen-bond donors (Lipinski definition) is 1. The Morgan fingerprint density at radius 3 is 3.21 bits per heavy atom. The minimum Gasteiger partial charge on any atom is -0.378 e. The van der Waals surface area contributed by atoms with Crippen LogP contribution in [-0.2, 0) is 11.3 Å². The molecule has 0 bridgehead atoms. The first kappa shape index (κ1) is 8.66. The fourth-order valence-corrected chi connectivity index (χ4v) is 1.36. The van der Waals surface area contributed by atoms with Gasteiger partial charge in [-0.05, 0) is 0 Å². The second kappa shape index (κ2) is 3.44. The van der Waals surface area contributed by atoms with E-state index in [0.717, 1.165) is 11.2 Å². The Hall–Kier alpha value is -1.93. The summed E-state index contributed by atoms with van der Waals surface area (Å²) in [5.74, 6) is 0. The van der Waals surface area contributed by atoms with Crippen LogP contribution in [0.4, 0.5) is 0 Å². The summed E-state index contributed by atoms with van der Waals surface area (Å²) in [7, 11) is 1.58. The van der Waals surface area contributed by atoms with E-state index in [9.17, 15) is 0 Å². The Balaban J connectivity index is 2.68. The number of nitriles is 1. The number of aromatic amines is 1. The van der Waals surface area contributed by atoms with Crippen LogP contribution in [-0.4, -0.2) is 22.1 Å². The normalized spacial score (nSPS) is 10.3. The molecule has 0 aromatic carbocycles. The summed E-state index contributed by atoms with van der Waals surface area (Å²) in [6.45, 7) is 0.374. The molecule has 5 nitrogen and oxygen atoms in total. The van der Waals surface area contributed by atoms with Crippen LogP contribution in [0.1, 0.15) is 11.3 Å². The Morgan fingerprint density at radius 2 is 2.50 bits per heavy atom. The van der Waals surface area contributed by atoms with Crippen molar-refractivity contribution in [2.24, 2.45) is 0 Å². The summed E-state index contributed by atoms with van der Waals surface area (Å²) in [4.78, 5) is 10.9. The standard InChI is InChI=1S/C9H8N4O/c1-14-4-8-6(2-10)9-7(13-8)3-11-5-12-9/h3,5,13H,4H2,1H3. The Labute approximate surface area is 80.4 Å². The van der Waals surface area contributed by atoms with Crippen LogP contribution in [0.3, 0.4) is 0 Å². The van der Waals surface area contributed by atoms with Crippen LogP contribution in [0.15, 0.2) is 12.5 Å². The number of hydrogen-bond acceptors (Lipinski definition) is 4. The molecule has 1 N–H and O–H groups in total. The molecule has 0 radical (unpaired) electrons. The quantitative estimate of drug-likeness (QED) is 0.762. The molecule has 0 atom stereocenters. The first-order valence-corrected chi connectivity index (χ1v) is 4.06. The molecule has 2 heterocycles. The maximum Gasteiger partial charge on any atom is 0.116 e. The highest BCUT2D eigenvalue weighted by Crippen LogP contribution is 2.18. The van der Waals surface area contributed by atoms with Gasteiger partial charge in [0.25, 0.3) is 0 Å². The van der Waals surface area contributed by atoms with Gasteiger partial charge in [-0.25, -0.2) is 9.97 Å². The van der Waals surface area contributed by atoms with Crippen molar-refractivity contribution < 1.29 is 4.74 Å². The molecule has 5 heteroatoms. The zero-order chi connectivity index (χ0) is 9.97. The molecular formula is C9H8N4O. The lowest BCUT2D eigenvalue weighted by Crippen LogP contribution is -1.90. The van der Waals surface area contributed by atoms with Gasteiger partial charge in [-0.2, -0.15) is 5.26 Å². The Kier molecular flexibility index (Phi) is 2.13. The molecule has 2 rings (SSSR count). The Morgan fingerprint density at radius 1 is 1.64 bits per heavy atom. The van der Waals surface area contributed by atoms with Crippen molar-refractivity contribution in [2.75, 3.05) is 7.11 Å². The van der Waals surface area contributed by atoms with Gasteiger partial charge >= 0.3 is 0 Å². The van der Waals surface area contributed by atoms with Crippen LogP contribution in [0, 0.1) is 11.3 Å².